The summed E-state index contributed by atoms with van der Waals surface area (Å²) in [5.41, 5.74) is 3.03. The molecule has 0 bridgehead atoms. The van der Waals surface area contributed by atoms with E-state index in [2.05, 4.69) is 55.0 Å². The molecular weight excluding hydrogens is 416 g/mol. The number of fused-ring (bicyclic) bond motifs is 7. The van der Waals surface area contributed by atoms with Gasteiger partial charge in [-0.1, -0.05) is 46.8 Å². The second kappa shape index (κ2) is 8.08. The van der Waals surface area contributed by atoms with Gasteiger partial charge in [0.25, 0.3) is 0 Å². The molecule has 2 heteroatoms. The highest BCUT2D eigenvalue weighted by molar-refractivity contribution is 5.21. The maximum absolute atomic E-state index is 11.0. The van der Waals surface area contributed by atoms with Gasteiger partial charge in [0.15, 0.2) is 0 Å². The molecule has 5 aliphatic carbocycles. The lowest BCUT2D eigenvalue weighted by molar-refractivity contribution is -0.250. The lowest BCUT2D eigenvalue weighted by Crippen LogP contribution is -2.66. The summed E-state index contributed by atoms with van der Waals surface area (Å²) >= 11 is 0. The van der Waals surface area contributed by atoms with E-state index in [1.54, 1.807) is 0 Å². The lowest BCUT2D eigenvalue weighted by atomic mass is 9.32. The molecule has 5 rings (SSSR count). The van der Waals surface area contributed by atoms with E-state index in [0.717, 1.165) is 37.4 Å². The number of hydrogen-bond donors (Lipinski definition) is 1. The Bertz CT molecular complexity index is 816. The SMILES string of the molecule is C=C(C)C1CCC2(COCC)CCC3(C)C(CCC4C5(C)CCC(O)C(C)(C)C5CCC43C)C12. The smallest absolute Gasteiger partial charge is 0.0594 e. The Labute approximate surface area is 210 Å². The Morgan fingerprint density at radius 1 is 0.853 bits per heavy atom. The summed E-state index contributed by atoms with van der Waals surface area (Å²) in [6.07, 6.45) is 12.9. The molecule has 10 atom stereocenters. The quantitative estimate of drug-likeness (QED) is 0.421. The zero-order valence-corrected chi connectivity index (χ0v) is 23.5. The first-order valence-corrected chi connectivity index (χ1v) is 14.8. The lowest BCUT2D eigenvalue weighted by Gasteiger charge is -2.73. The Hall–Kier alpha value is -0.340. The summed E-state index contributed by atoms with van der Waals surface area (Å²) in [5.74, 6) is 3.67. The van der Waals surface area contributed by atoms with E-state index < -0.39 is 0 Å². The van der Waals surface area contributed by atoms with Crippen LogP contribution >= 0.6 is 0 Å². The molecule has 194 valence electrons. The van der Waals surface area contributed by atoms with Crippen molar-refractivity contribution in [3.05, 3.63) is 12.2 Å². The van der Waals surface area contributed by atoms with Gasteiger partial charge in [-0.3, -0.25) is 0 Å². The third-order valence-electron chi connectivity index (χ3n) is 13.8. The molecule has 0 aromatic heterocycles. The number of aliphatic hydroxyl groups excluding tert-OH is 1. The van der Waals surface area contributed by atoms with Gasteiger partial charge in [-0.15, -0.1) is 0 Å². The predicted octanol–water partition coefficient (Wildman–Crippen LogP) is 8.04. The fraction of sp³-hybridized carbons (Fsp3) is 0.938. The van der Waals surface area contributed by atoms with Crippen LogP contribution in [0.25, 0.3) is 0 Å². The van der Waals surface area contributed by atoms with Crippen LogP contribution in [-0.2, 0) is 4.74 Å². The molecule has 0 aliphatic heterocycles. The topological polar surface area (TPSA) is 29.5 Å². The van der Waals surface area contributed by atoms with Crippen molar-refractivity contribution in [2.45, 2.75) is 119 Å². The minimum absolute atomic E-state index is 0.0434. The van der Waals surface area contributed by atoms with Crippen LogP contribution in [0.1, 0.15) is 113 Å². The fourth-order valence-corrected chi connectivity index (χ4v) is 11.8. The summed E-state index contributed by atoms with van der Waals surface area (Å²) in [4.78, 5) is 0. The molecule has 5 fully saturated rings. The van der Waals surface area contributed by atoms with Crippen molar-refractivity contribution < 1.29 is 9.84 Å². The number of allylic oxidation sites excluding steroid dienone is 1. The van der Waals surface area contributed by atoms with Crippen LogP contribution in [0.3, 0.4) is 0 Å². The molecule has 5 aliphatic rings. The Morgan fingerprint density at radius 2 is 1.59 bits per heavy atom. The molecule has 0 spiro atoms. The summed E-state index contributed by atoms with van der Waals surface area (Å²) in [6.45, 7) is 23.6. The number of rotatable bonds is 4. The second-order valence-electron chi connectivity index (χ2n) is 15.1. The third-order valence-corrected chi connectivity index (χ3v) is 13.8. The standard InChI is InChI=1S/C32H54O2/c1-9-34-20-32-17-12-22(21(2)3)27(32)23-10-11-25-29(6)15-14-26(33)28(4,5)24(29)13-16-31(25,8)30(23,7)18-19-32/h22-27,33H,2,9-20H2,1,3-8H3. The number of hydrogen-bond acceptors (Lipinski definition) is 2. The molecule has 5 saturated carbocycles. The summed E-state index contributed by atoms with van der Waals surface area (Å²) in [7, 11) is 0. The highest BCUT2D eigenvalue weighted by Gasteiger charge is 2.70. The largest absolute Gasteiger partial charge is 0.393 e. The van der Waals surface area contributed by atoms with Crippen LogP contribution in [0, 0.1) is 56.7 Å². The molecule has 0 aromatic rings. The van der Waals surface area contributed by atoms with Gasteiger partial charge < -0.3 is 9.84 Å². The fourth-order valence-electron chi connectivity index (χ4n) is 11.8. The van der Waals surface area contributed by atoms with Gasteiger partial charge in [0.1, 0.15) is 0 Å². The molecule has 10 unspecified atom stereocenters. The summed E-state index contributed by atoms with van der Waals surface area (Å²) in [5, 5.41) is 11.0. The average molecular weight is 471 g/mol. The first kappa shape index (κ1) is 25.3. The van der Waals surface area contributed by atoms with Crippen molar-refractivity contribution in [3.63, 3.8) is 0 Å². The molecule has 0 saturated heterocycles. The van der Waals surface area contributed by atoms with E-state index in [9.17, 15) is 5.11 Å². The van der Waals surface area contributed by atoms with Crippen molar-refractivity contribution in [1.29, 1.82) is 0 Å². The molecular formula is C32H54O2. The maximum atomic E-state index is 11.0. The zero-order chi connectivity index (χ0) is 24.7. The molecule has 34 heavy (non-hydrogen) atoms. The Morgan fingerprint density at radius 3 is 2.26 bits per heavy atom. The van der Waals surface area contributed by atoms with Crippen LogP contribution < -0.4 is 0 Å². The van der Waals surface area contributed by atoms with Gasteiger partial charge in [-0.05, 0) is 135 Å². The monoisotopic (exact) mass is 470 g/mol. The Kier molecular flexibility index (Phi) is 6.01. The van der Waals surface area contributed by atoms with Crippen LogP contribution in [0.4, 0.5) is 0 Å². The molecule has 0 amide bonds. The van der Waals surface area contributed by atoms with Crippen molar-refractivity contribution in [3.8, 4) is 0 Å². The van der Waals surface area contributed by atoms with Gasteiger partial charge in [-0.2, -0.15) is 0 Å². The molecule has 2 nitrogen and oxygen atoms in total. The van der Waals surface area contributed by atoms with Crippen LogP contribution in [0.5, 0.6) is 0 Å². The minimum atomic E-state index is -0.134. The normalized spacial score (nSPS) is 53.9. The van der Waals surface area contributed by atoms with Gasteiger partial charge in [0, 0.05) is 6.61 Å². The maximum Gasteiger partial charge on any atom is 0.0594 e. The highest BCUT2D eigenvalue weighted by Crippen LogP contribution is 2.77. The van der Waals surface area contributed by atoms with E-state index in [1.165, 1.54) is 63.4 Å². The molecule has 0 heterocycles. The van der Waals surface area contributed by atoms with Crippen LogP contribution in [0.15, 0.2) is 12.2 Å². The first-order valence-electron chi connectivity index (χ1n) is 14.8. The van der Waals surface area contributed by atoms with Crippen molar-refractivity contribution in [1.82, 2.24) is 0 Å². The first-order chi connectivity index (χ1) is 15.9. The van der Waals surface area contributed by atoms with Gasteiger partial charge in [0.2, 0.25) is 0 Å². The molecule has 0 aromatic carbocycles. The van der Waals surface area contributed by atoms with E-state index >= 15 is 0 Å². The van der Waals surface area contributed by atoms with E-state index in [0.29, 0.717) is 33.5 Å². The number of aliphatic hydroxyl groups is 1. The van der Waals surface area contributed by atoms with E-state index in [-0.39, 0.29) is 11.5 Å². The molecule has 1 N–H and O–H groups in total. The predicted molar refractivity (Wildman–Crippen MR) is 141 cm³/mol. The zero-order valence-electron chi connectivity index (χ0n) is 23.5. The van der Waals surface area contributed by atoms with Crippen molar-refractivity contribution in [2.24, 2.45) is 56.7 Å². The van der Waals surface area contributed by atoms with Crippen molar-refractivity contribution in [2.75, 3.05) is 13.2 Å². The summed E-state index contributed by atoms with van der Waals surface area (Å²) in [6, 6.07) is 0. The van der Waals surface area contributed by atoms with Gasteiger partial charge in [0.05, 0.1) is 12.7 Å². The van der Waals surface area contributed by atoms with Crippen LogP contribution in [0.2, 0.25) is 0 Å². The van der Waals surface area contributed by atoms with Gasteiger partial charge >= 0.3 is 0 Å². The van der Waals surface area contributed by atoms with E-state index in [4.69, 9.17) is 4.74 Å². The van der Waals surface area contributed by atoms with Crippen molar-refractivity contribution >= 4 is 0 Å². The average Bonchev–Trinajstić information content (AvgIpc) is 3.16. The molecule has 0 radical (unpaired) electrons. The van der Waals surface area contributed by atoms with Crippen LogP contribution in [-0.4, -0.2) is 24.4 Å². The number of ether oxygens (including phenoxy) is 1. The minimum Gasteiger partial charge on any atom is -0.393 e. The highest BCUT2D eigenvalue weighted by atomic mass is 16.5. The summed E-state index contributed by atoms with van der Waals surface area (Å²) < 4.78 is 6.22. The Balaban J connectivity index is 1.53. The third kappa shape index (κ3) is 3.12. The van der Waals surface area contributed by atoms with E-state index in [1.807, 2.05) is 0 Å². The van der Waals surface area contributed by atoms with Gasteiger partial charge in [-0.25, -0.2) is 0 Å². The second-order valence-corrected chi connectivity index (χ2v) is 15.1.